The zero-order chi connectivity index (χ0) is 20.1. The normalized spacial score (nSPS) is 26.5. The van der Waals surface area contributed by atoms with Crippen molar-refractivity contribution in [1.29, 1.82) is 0 Å². The largest absolute Gasteiger partial charge is 0.391 e. The van der Waals surface area contributed by atoms with Crippen molar-refractivity contribution >= 4 is 5.96 Å². The van der Waals surface area contributed by atoms with Gasteiger partial charge < -0.3 is 19.9 Å². The van der Waals surface area contributed by atoms with E-state index in [2.05, 4.69) is 25.8 Å². The first-order valence-electron chi connectivity index (χ1n) is 9.91. The summed E-state index contributed by atoms with van der Waals surface area (Å²) in [7, 11) is 1.86. The summed E-state index contributed by atoms with van der Waals surface area (Å²) in [6.07, 6.45) is -0.484. The predicted octanol–water partition coefficient (Wildman–Crippen LogP) is 2.46. The van der Waals surface area contributed by atoms with Crippen LogP contribution in [0.3, 0.4) is 0 Å². The summed E-state index contributed by atoms with van der Waals surface area (Å²) < 4.78 is 46.8. The first kappa shape index (κ1) is 20.9. The highest BCUT2D eigenvalue weighted by Crippen LogP contribution is 2.37. The Balaban J connectivity index is 1.64. The van der Waals surface area contributed by atoms with E-state index in [1.165, 1.54) is 0 Å². The van der Waals surface area contributed by atoms with E-state index in [4.69, 9.17) is 4.74 Å². The van der Waals surface area contributed by atoms with Crippen molar-refractivity contribution in [2.75, 3.05) is 13.2 Å². The summed E-state index contributed by atoms with van der Waals surface area (Å²) in [5.74, 6) is 0.739. The van der Waals surface area contributed by atoms with Gasteiger partial charge in [0.05, 0.1) is 12.0 Å². The van der Waals surface area contributed by atoms with Gasteiger partial charge in [0.25, 0.3) is 0 Å². The molecule has 1 aromatic rings. The average molecular weight is 402 g/mol. The van der Waals surface area contributed by atoms with Gasteiger partial charge in [-0.1, -0.05) is 6.42 Å². The van der Waals surface area contributed by atoms with Crippen molar-refractivity contribution in [2.45, 2.75) is 70.3 Å². The molecule has 2 heterocycles. The third kappa shape index (κ3) is 5.59. The molecule has 3 rings (SSSR count). The highest BCUT2D eigenvalue weighted by Gasteiger charge is 2.42. The number of alkyl halides is 3. The smallest absolute Gasteiger partial charge is 0.376 e. The molecule has 158 valence electrons. The molecular formula is C18H29F3N6O. The topological polar surface area (TPSA) is 76.4 Å². The second kappa shape index (κ2) is 9.11. The second-order valence-corrected chi connectivity index (χ2v) is 7.65. The molecule has 0 radical (unpaired) electrons. The molecule has 1 aliphatic heterocycles. The Kier molecular flexibility index (Phi) is 6.79. The lowest BCUT2D eigenvalue weighted by Gasteiger charge is -2.32. The standard InChI is InChI=1S/C18H29F3N6O/c1-12-25-26-16(27(12)2)11-23-17(22-10-15-7-4-8-28-15)24-14-6-3-5-13(9-14)18(19,20)21/h13-15H,3-11H2,1-2H3,(H2,22,23,24). The van der Waals surface area contributed by atoms with Crippen molar-refractivity contribution in [3.8, 4) is 0 Å². The molecular weight excluding hydrogens is 373 g/mol. The fraction of sp³-hybridized carbons (Fsp3) is 0.833. The number of ether oxygens (including phenoxy) is 1. The summed E-state index contributed by atoms with van der Waals surface area (Å²) in [5, 5.41) is 14.5. The Morgan fingerprint density at radius 1 is 1.25 bits per heavy atom. The molecule has 1 saturated heterocycles. The number of halogens is 3. The fourth-order valence-electron chi connectivity index (χ4n) is 3.72. The van der Waals surface area contributed by atoms with Gasteiger partial charge >= 0.3 is 6.18 Å². The maximum absolute atomic E-state index is 13.1. The van der Waals surface area contributed by atoms with Crippen molar-refractivity contribution in [3.05, 3.63) is 11.6 Å². The monoisotopic (exact) mass is 402 g/mol. The minimum absolute atomic E-state index is 0.0766. The van der Waals surface area contributed by atoms with Crippen molar-refractivity contribution < 1.29 is 17.9 Å². The van der Waals surface area contributed by atoms with Crippen LogP contribution in [0, 0.1) is 12.8 Å². The second-order valence-electron chi connectivity index (χ2n) is 7.65. The van der Waals surface area contributed by atoms with Crippen LogP contribution in [0.15, 0.2) is 4.99 Å². The number of nitrogens with one attached hydrogen (secondary N) is 2. The third-order valence-electron chi connectivity index (χ3n) is 5.56. The minimum atomic E-state index is -4.14. The molecule has 0 bridgehead atoms. The van der Waals surface area contributed by atoms with E-state index in [1.54, 1.807) is 0 Å². The van der Waals surface area contributed by atoms with Gasteiger partial charge in [-0.3, -0.25) is 0 Å². The van der Waals surface area contributed by atoms with Crippen LogP contribution in [0.5, 0.6) is 0 Å². The van der Waals surface area contributed by atoms with E-state index < -0.39 is 12.1 Å². The molecule has 10 heteroatoms. The molecule has 1 aromatic heterocycles. The molecule has 1 aliphatic carbocycles. The molecule has 3 atom stereocenters. The van der Waals surface area contributed by atoms with E-state index in [1.807, 2.05) is 18.5 Å². The molecule has 0 spiro atoms. The number of aromatic nitrogens is 3. The number of hydrogen-bond donors (Lipinski definition) is 2. The van der Waals surface area contributed by atoms with Gasteiger partial charge in [0.15, 0.2) is 11.8 Å². The molecule has 7 nitrogen and oxygen atoms in total. The van der Waals surface area contributed by atoms with Gasteiger partial charge in [-0.25, -0.2) is 4.99 Å². The van der Waals surface area contributed by atoms with Gasteiger partial charge in [-0.2, -0.15) is 13.2 Å². The third-order valence-corrected chi connectivity index (χ3v) is 5.56. The van der Waals surface area contributed by atoms with Crippen LogP contribution in [-0.2, 0) is 18.3 Å². The van der Waals surface area contributed by atoms with Crippen molar-refractivity contribution in [1.82, 2.24) is 25.4 Å². The number of nitrogens with zero attached hydrogens (tertiary/aromatic N) is 4. The van der Waals surface area contributed by atoms with E-state index in [0.717, 1.165) is 25.3 Å². The quantitative estimate of drug-likeness (QED) is 0.585. The fourth-order valence-corrected chi connectivity index (χ4v) is 3.72. The molecule has 28 heavy (non-hydrogen) atoms. The van der Waals surface area contributed by atoms with Crippen LogP contribution in [0.25, 0.3) is 0 Å². The lowest BCUT2D eigenvalue weighted by atomic mass is 9.85. The number of aliphatic imine (C=N–C) groups is 1. The molecule has 1 saturated carbocycles. The Labute approximate surface area is 163 Å². The van der Waals surface area contributed by atoms with Crippen LogP contribution in [0.1, 0.15) is 50.2 Å². The molecule has 0 amide bonds. The number of aryl methyl sites for hydroxylation is 1. The highest BCUT2D eigenvalue weighted by molar-refractivity contribution is 5.80. The van der Waals surface area contributed by atoms with Crippen LogP contribution < -0.4 is 10.6 Å². The zero-order valence-electron chi connectivity index (χ0n) is 16.4. The summed E-state index contributed by atoms with van der Waals surface area (Å²) in [4.78, 5) is 4.54. The summed E-state index contributed by atoms with van der Waals surface area (Å²) >= 11 is 0. The number of rotatable bonds is 5. The van der Waals surface area contributed by atoms with Gasteiger partial charge in [-0.15, -0.1) is 10.2 Å². The number of hydrogen-bond acceptors (Lipinski definition) is 4. The van der Waals surface area contributed by atoms with Gasteiger partial charge in [0, 0.05) is 26.2 Å². The molecule has 2 fully saturated rings. The number of guanidine groups is 1. The van der Waals surface area contributed by atoms with Crippen LogP contribution in [0.4, 0.5) is 13.2 Å². The predicted molar refractivity (Wildman–Crippen MR) is 98.8 cm³/mol. The maximum atomic E-state index is 13.1. The Bertz CT molecular complexity index is 669. The Hall–Kier alpha value is -1.84. The summed E-state index contributed by atoms with van der Waals surface area (Å²) in [6.45, 7) is 3.49. The van der Waals surface area contributed by atoms with Crippen LogP contribution in [0.2, 0.25) is 0 Å². The molecule has 0 aromatic carbocycles. The minimum Gasteiger partial charge on any atom is -0.376 e. The zero-order valence-corrected chi connectivity index (χ0v) is 16.4. The van der Waals surface area contributed by atoms with E-state index in [9.17, 15) is 13.2 Å². The van der Waals surface area contributed by atoms with E-state index >= 15 is 0 Å². The molecule has 2 N–H and O–H groups in total. The van der Waals surface area contributed by atoms with Crippen LogP contribution >= 0.6 is 0 Å². The lowest BCUT2D eigenvalue weighted by Crippen LogP contribution is -2.48. The van der Waals surface area contributed by atoms with Crippen molar-refractivity contribution in [2.24, 2.45) is 18.0 Å². The Morgan fingerprint density at radius 2 is 2.07 bits per heavy atom. The SMILES string of the molecule is Cc1nnc(CN=C(NCC2CCCO2)NC2CCCC(C(F)(F)F)C2)n1C. The highest BCUT2D eigenvalue weighted by atomic mass is 19.4. The van der Waals surface area contributed by atoms with Crippen molar-refractivity contribution in [3.63, 3.8) is 0 Å². The average Bonchev–Trinajstić information content (AvgIpc) is 3.28. The Morgan fingerprint density at radius 3 is 2.71 bits per heavy atom. The van der Waals surface area contributed by atoms with Crippen LogP contribution in [-0.4, -0.2) is 52.2 Å². The first-order chi connectivity index (χ1) is 13.3. The van der Waals surface area contributed by atoms with Gasteiger partial charge in [-0.05, 0) is 39.0 Å². The summed E-state index contributed by atoms with van der Waals surface area (Å²) in [5.41, 5.74) is 0. The summed E-state index contributed by atoms with van der Waals surface area (Å²) in [6, 6.07) is -0.252. The van der Waals surface area contributed by atoms with E-state index in [0.29, 0.717) is 37.7 Å². The maximum Gasteiger partial charge on any atom is 0.391 e. The molecule has 2 aliphatic rings. The van der Waals surface area contributed by atoms with Gasteiger partial charge in [0.1, 0.15) is 12.4 Å². The first-order valence-corrected chi connectivity index (χ1v) is 9.91. The lowest BCUT2D eigenvalue weighted by molar-refractivity contribution is -0.183. The van der Waals surface area contributed by atoms with E-state index in [-0.39, 0.29) is 25.0 Å². The van der Waals surface area contributed by atoms with Gasteiger partial charge in [0.2, 0.25) is 0 Å². The molecule has 3 unspecified atom stereocenters.